The van der Waals surface area contributed by atoms with Crippen molar-refractivity contribution in [3.05, 3.63) is 125 Å². The van der Waals surface area contributed by atoms with Crippen LogP contribution < -0.4 is 0 Å². The summed E-state index contributed by atoms with van der Waals surface area (Å²) in [5.74, 6) is 0. The number of aromatic nitrogens is 1. The second-order valence-electron chi connectivity index (χ2n) is 9.65. The van der Waals surface area contributed by atoms with Crippen LogP contribution >= 0.6 is 11.3 Å². The van der Waals surface area contributed by atoms with E-state index in [0.29, 0.717) is 0 Å². The first-order valence-corrected chi connectivity index (χ1v) is 13.0. The third-order valence-electron chi connectivity index (χ3n) is 7.10. The van der Waals surface area contributed by atoms with E-state index in [1.165, 1.54) is 69.9 Å². The average molecular weight is 468 g/mol. The fourth-order valence-electron chi connectivity index (χ4n) is 5.41. The Hall–Kier alpha value is -3.88. The van der Waals surface area contributed by atoms with Gasteiger partial charge in [0.1, 0.15) is 0 Å². The lowest BCUT2D eigenvalue weighted by atomic mass is 10.0. The highest BCUT2D eigenvalue weighted by atomic mass is 32.1. The number of hydrogen-bond donors (Lipinski definition) is 0. The minimum atomic E-state index is 0.925. The van der Waals surface area contributed by atoms with E-state index in [0.717, 1.165) is 6.42 Å². The summed E-state index contributed by atoms with van der Waals surface area (Å²) in [6.45, 7) is 4.34. The molecule has 168 valence electrons. The van der Waals surface area contributed by atoms with Crippen LogP contribution in [0.15, 0.2) is 103 Å². The zero-order chi connectivity index (χ0) is 23.5. The number of para-hydroxylation sites is 1. The standard InChI is InChI=1S/C33H25NS/c1-21-8-12-26-27-14-10-23(19-31(27)34(30(26)16-21)25-6-4-3-5-7-25)18-24-11-15-29-28-13-9-22(2)17-32(28)35-33(29)20-24/h3-17,19-20H,18H2,1-2H3. The Balaban J connectivity index is 1.37. The molecule has 0 aliphatic heterocycles. The van der Waals surface area contributed by atoms with E-state index in [-0.39, 0.29) is 0 Å². The molecule has 0 radical (unpaired) electrons. The number of aryl methyl sites for hydroxylation is 2. The Kier molecular flexibility index (Phi) is 4.58. The summed E-state index contributed by atoms with van der Waals surface area (Å²) in [5.41, 5.74) is 9.05. The fourth-order valence-corrected chi connectivity index (χ4v) is 6.68. The fraction of sp³-hybridized carbons (Fsp3) is 0.0909. The largest absolute Gasteiger partial charge is 0.309 e. The van der Waals surface area contributed by atoms with Crippen LogP contribution in [0.4, 0.5) is 0 Å². The van der Waals surface area contributed by atoms with Gasteiger partial charge in [-0.05, 0) is 78.9 Å². The van der Waals surface area contributed by atoms with Crippen LogP contribution in [0.5, 0.6) is 0 Å². The van der Waals surface area contributed by atoms with Crippen molar-refractivity contribution in [1.82, 2.24) is 4.57 Å². The highest BCUT2D eigenvalue weighted by Crippen LogP contribution is 2.36. The number of fused-ring (bicyclic) bond motifs is 6. The van der Waals surface area contributed by atoms with Gasteiger partial charge in [-0.2, -0.15) is 0 Å². The molecule has 7 rings (SSSR count). The van der Waals surface area contributed by atoms with Crippen molar-refractivity contribution < 1.29 is 0 Å². The monoisotopic (exact) mass is 467 g/mol. The zero-order valence-electron chi connectivity index (χ0n) is 19.9. The van der Waals surface area contributed by atoms with E-state index < -0.39 is 0 Å². The van der Waals surface area contributed by atoms with Gasteiger partial charge in [-0.15, -0.1) is 11.3 Å². The van der Waals surface area contributed by atoms with Gasteiger partial charge in [0.2, 0.25) is 0 Å². The van der Waals surface area contributed by atoms with E-state index in [1.54, 1.807) is 0 Å². The van der Waals surface area contributed by atoms with Crippen molar-refractivity contribution in [2.24, 2.45) is 0 Å². The molecule has 0 saturated heterocycles. The number of benzene rings is 5. The first-order chi connectivity index (χ1) is 17.1. The van der Waals surface area contributed by atoms with Crippen molar-refractivity contribution in [2.75, 3.05) is 0 Å². The van der Waals surface area contributed by atoms with Gasteiger partial charge in [0, 0.05) is 36.6 Å². The number of thiophene rings is 1. The van der Waals surface area contributed by atoms with Crippen LogP contribution in [0.3, 0.4) is 0 Å². The molecule has 35 heavy (non-hydrogen) atoms. The van der Waals surface area contributed by atoms with Crippen LogP contribution in [-0.2, 0) is 6.42 Å². The predicted molar refractivity (Wildman–Crippen MR) is 152 cm³/mol. The summed E-state index contributed by atoms with van der Waals surface area (Å²) in [6, 6.07) is 38.3. The van der Waals surface area contributed by atoms with Crippen molar-refractivity contribution in [1.29, 1.82) is 0 Å². The van der Waals surface area contributed by atoms with E-state index in [4.69, 9.17) is 0 Å². The number of nitrogens with zero attached hydrogens (tertiary/aromatic N) is 1. The van der Waals surface area contributed by atoms with Gasteiger partial charge in [0.25, 0.3) is 0 Å². The Morgan fingerprint density at radius 2 is 1.11 bits per heavy atom. The summed E-state index contributed by atoms with van der Waals surface area (Å²) < 4.78 is 5.16. The molecule has 2 aromatic heterocycles. The minimum Gasteiger partial charge on any atom is -0.309 e. The van der Waals surface area contributed by atoms with Crippen molar-refractivity contribution in [3.8, 4) is 5.69 Å². The molecule has 0 spiro atoms. The maximum atomic E-state index is 2.42. The first kappa shape index (κ1) is 20.5. The quantitative estimate of drug-likeness (QED) is 0.244. The van der Waals surface area contributed by atoms with Crippen molar-refractivity contribution in [3.63, 3.8) is 0 Å². The van der Waals surface area contributed by atoms with Crippen molar-refractivity contribution >= 4 is 53.3 Å². The zero-order valence-corrected chi connectivity index (χ0v) is 20.7. The molecule has 2 heterocycles. The highest BCUT2D eigenvalue weighted by molar-refractivity contribution is 7.25. The average Bonchev–Trinajstić information content (AvgIpc) is 3.38. The summed E-state index contributed by atoms with van der Waals surface area (Å²) in [7, 11) is 0. The van der Waals surface area contributed by atoms with Gasteiger partial charge < -0.3 is 4.57 Å². The van der Waals surface area contributed by atoms with Gasteiger partial charge in [0.05, 0.1) is 11.0 Å². The van der Waals surface area contributed by atoms with Crippen LogP contribution in [0.25, 0.3) is 47.7 Å². The molecular formula is C33H25NS. The predicted octanol–water partition coefficient (Wildman–Crippen LogP) is 9.36. The molecule has 2 heteroatoms. The summed E-state index contributed by atoms with van der Waals surface area (Å²) in [6.07, 6.45) is 0.925. The van der Waals surface area contributed by atoms with E-state index >= 15 is 0 Å². The normalized spacial score (nSPS) is 11.8. The van der Waals surface area contributed by atoms with Crippen LogP contribution in [0, 0.1) is 13.8 Å². The molecular weight excluding hydrogens is 442 g/mol. The van der Waals surface area contributed by atoms with Crippen LogP contribution in [-0.4, -0.2) is 4.57 Å². The van der Waals surface area contributed by atoms with E-state index in [9.17, 15) is 0 Å². The highest BCUT2D eigenvalue weighted by Gasteiger charge is 2.13. The Morgan fingerprint density at radius 3 is 1.89 bits per heavy atom. The third-order valence-corrected chi connectivity index (χ3v) is 8.22. The molecule has 0 N–H and O–H groups in total. The molecule has 7 aromatic rings. The lowest BCUT2D eigenvalue weighted by molar-refractivity contribution is 1.16. The molecule has 0 saturated carbocycles. The topological polar surface area (TPSA) is 4.93 Å². The van der Waals surface area contributed by atoms with Gasteiger partial charge in [-0.25, -0.2) is 0 Å². The molecule has 0 aliphatic carbocycles. The molecule has 0 atom stereocenters. The molecule has 1 nitrogen and oxygen atoms in total. The third kappa shape index (κ3) is 3.37. The summed E-state index contributed by atoms with van der Waals surface area (Å²) >= 11 is 1.90. The molecule has 0 bridgehead atoms. The SMILES string of the molecule is Cc1ccc2c(c1)sc1cc(Cc3ccc4c5ccc(C)cc5n(-c5ccccc5)c4c3)ccc12. The van der Waals surface area contributed by atoms with Crippen LogP contribution in [0.1, 0.15) is 22.3 Å². The molecule has 0 unspecified atom stereocenters. The molecule has 0 amide bonds. The molecule has 0 fully saturated rings. The van der Waals surface area contributed by atoms with Gasteiger partial charge in [0.15, 0.2) is 0 Å². The lowest BCUT2D eigenvalue weighted by Gasteiger charge is -2.09. The van der Waals surface area contributed by atoms with Gasteiger partial charge in [-0.1, -0.05) is 66.7 Å². The molecule has 5 aromatic carbocycles. The maximum Gasteiger partial charge on any atom is 0.0543 e. The molecule has 0 aliphatic rings. The maximum absolute atomic E-state index is 2.42. The minimum absolute atomic E-state index is 0.925. The smallest absolute Gasteiger partial charge is 0.0543 e. The van der Waals surface area contributed by atoms with E-state index in [2.05, 4.69) is 122 Å². The number of hydrogen-bond acceptors (Lipinski definition) is 1. The summed E-state index contributed by atoms with van der Waals surface area (Å²) in [5, 5.41) is 5.35. The van der Waals surface area contributed by atoms with Crippen LogP contribution in [0.2, 0.25) is 0 Å². The first-order valence-electron chi connectivity index (χ1n) is 12.1. The Bertz CT molecular complexity index is 1890. The Labute approximate surface area is 208 Å². The van der Waals surface area contributed by atoms with Crippen molar-refractivity contribution in [2.45, 2.75) is 20.3 Å². The van der Waals surface area contributed by atoms with E-state index in [1.807, 2.05) is 11.3 Å². The van der Waals surface area contributed by atoms with Gasteiger partial charge >= 0.3 is 0 Å². The summed E-state index contributed by atoms with van der Waals surface area (Å²) in [4.78, 5) is 0. The second kappa shape index (κ2) is 7.83. The lowest BCUT2D eigenvalue weighted by Crippen LogP contribution is -1.95. The number of rotatable bonds is 3. The van der Waals surface area contributed by atoms with Gasteiger partial charge in [-0.3, -0.25) is 0 Å². The second-order valence-corrected chi connectivity index (χ2v) is 10.7. The Morgan fingerprint density at radius 1 is 0.543 bits per heavy atom.